The van der Waals surface area contributed by atoms with Crippen LogP contribution in [-0.2, 0) is 32.7 Å². The molecule has 14 heteroatoms. The molecule has 13 nitrogen and oxygen atoms in total. The Morgan fingerprint density at radius 2 is 0.877 bits per heavy atom. The maximum atomic E-state index is 12.8. The Bertz CT molecular complexity index is 1410. The highest BCUT2D eigenvalue weighted by atomic mass is 31.2. The van der Waals surface area contributed by atoms with Gasteiger partial charge in [-0.25, -0.2) is 4.57 Å². The third-order valence-corrected chi connectivity index (χ3v) is 12.0. The van der Waals surface area contributed by atoms with E-state index in [0.29, 0.717) is 12.8 Å². The molecule has 0 bridgehead atoms. The number of esters is 2. The smallest absolute Gasteiger partial charge is 0.462 e. The van der Waals surface area contributed by atoms with Gasteiger partial charge >= 0.3 is 19.8 Å². The molecule has 6 N–H and O–H groups in total. The number of phosphoric acid groups is 1. The fourth-order valence-corrected chi connectivity index (χ4v) is 8.05. The van der Waals surface area contributed by atoms with Crippen LogP contribution in [0, 0.1) is 0 Å². The molecule has 0 aromatic carbocycles. The Hall–Kier alpha value is -2.71. The topological polar surface area (TPSA) is 210 Å². The second-order valence-electron chi connectivity index (χ2n) is 16.9. The highest BCUT2D eigenvalue weighted by molar-refractivity contribution is 7.47. The number of aliphatic hydroxyl groups is 5. The Morgan fingerprint density at radius 3 is 1.37 bits per heavy atom. The van der Waals surface area contributed by atoms with Crippen LogP contribution in [0.1, 0.15) is 181 Å². The van der Waals surface area contributed by atoms with E-state index in [2.05, 4.69) is 86.8 Å². The van der Waals surface area contributed by atoms with Crippen LogP contribution in [0.3, 0.4) is 0 Å². The van der Waals surface area contributed by atoms with E-state index in [1.54, 1.807) is 0 Å². The number of phosphoric ester groups is 1. The molecule has 0 aromatic heterocycles. The number of aliphatic hydroxyl groups excluding tert-OH is 5. The van der Waals surface area contributed by atoms with Gasteiger partial charge in [0.1, 0.15) is 43.2 Å². The molecule has 0 saturated heterocycles. The molecule has 6 unspecified atom stereocenters. The van der Waals surface area contributed by atoms with Crippen molar-refractivity contribution >= 4 is 19.8 Å². The average molecular weight is 939 g/mol. The lowest BCUT2D eigenvalue weighted by Crippen LogP contribution is -2.64. The average Bonchev–Trinajstić information content (AvgIpc) is 3.29. The molecule has 0 heterocycles. The van der Waals surface area contributed by atoms with E-state index in [4.69, 9.17) is 18.5 Å². The number of rotatable bonds is 40. The fraction of sp³-hybridized carbons (Fsp3) is 0.725. The minimum Gasteiger partial charge on any atom is -0.462 e. The molecule has 1 saturated carbocycles. The van der Waals surface area contributed by atoms with Crippen molar-refractivity contribution in [2.75, 3.05) is 13.2 Å². The monoisotopic (exact) mass is 939 g/mol. The van der Waals surface area contributed by atoms with Crippen LogP contribution in [0.5, 0.6) is 0 Å². The van der Waals surface area contributed by atoms with Gasteiger partial charge in [0, 0.05) is 12.8 Å². The molecule has 1 fully saturated rings. The van der Waals surface area contributed by atoms with Crippen LogP contribution in [0.2, 0.25) is 0 Å². The summed E-state index contributed by atoms with van der Waals surface area (Å²) in [4.78, 5) is 35.8. The molecule has 0 amide bonds. The summed E-state index contributed by atoms with van der Waals surface area (Å²) in [5, 5.41) is 50.2. The summed E-state index contributed by atoms with van der Waals surface area (Å²) in [6.45, 7) is 3.16. The van der Waals surface area contributed by atoms with Gasteiger partial charge in [-0.1, -0.05) is 157 Å². The number of hydrogen-bond donors (Lipinski definition) is 6. The molecule has 0 aliphatic heterocycles. The van der Waals surface area contributed by atoms with E-state index in [0.717, 1.165) is 83.5 Å². The molecule has 1 rings (SSSR count). The second-order valence-corrected chi connectivity index (χ2v) is 18.3. The molecule has 0 radical (unpaired) electrons. The van der Waals surface area contributed by atoms with Gasteiger partial charge in [-0.2, -0.15) is 0 Å². The second kappa shape index (κ2) is 40.4. The Morgan fingerprint density at radius 1 is 0.492 bits per heavy atom. The minimum atomic E-state index is -5.14. The third kappa shape index (κ3) is 32.6. The standard InChI is InChI=1S/C51H87O13P/c1-3-5-7-9-11-13-15-17-19-21-22-24-26-28-30-32-34-36-38-40-45(53)63-43(42-62-65(59,60)64-51-49(57)47(55)46(54)48(56)50(51)58)41-61-44(52)39-37-35-33-31-29-27-25-23-20-18-16-14-12-10-8-6-4-2/h5,7,11,13,17-20,22,24,28,30,43,46-51,54-58H,3-4,6,8-10,12,14-16,21,23,25-27,29,31-42H2,1-2H3,(H,59,60)/b7-5+,13-11+,19-17+,20-18+,24-22+,30-28+/t43-,46?,47-,48?,49?,50?,51?/m1/s1. The summed E-state index contributed by atoms with van der Waals surface area (Å²) in [7, 11) is -5.14. The summed E-state index contributed by atoms with van der Waals surface area (Å²) in [6, 6.07) is 0. The Balaban J connectivity index is 2.46. The van der Waals surface area contributed by atoms with Crippen molar-refractivity contribution in [2.45, 2.75) is 224 Å². The SMILES string of the molecule is CC/C=C/C/C=C/C/C=C/C/C=C/C/C=C/CCCCCC(=O)O[C@H](COC(=O)CCCCCCCCC/C=C/CCCCCCCC)COP(=O)(O)OC1C(O)C(O)C(O)[C@@H](O)C1O. The van der Waals surface area contributed by atoms with Gasteiger partial charge in [-0.3, -0.25) is 18.6 Å². The number of allylic oxidation sites excluding steroid dienone is 12. The van der Waals surface area contributed by atoms with E-state index in [-0.39, 0.29) is 12.8 Å². The summed E-state index contributed by atoms with van der Waals surface area (Å²) in [5.74, 6) is -1.15. The number of unbranched alkanes of at least 4 members (excludes halogenated alkanes) is 16. The first-order valence-electron chi connectivity index (χ1n) is 24.7. The molecule has 374 valence electrons. The van der Waals surface area contributed by atoms with Gasteiger partial charge in [0.05, 0.1) is 6.61 Å². The predicted octanol–water partition coefficient (Wildman–Crippen LogP) is 10.3. The number of carbonyl (C=O) groups is 2. The summed E-state index contributed by atoms with van der Waals surface area (Å²) in [6.07, 6.45) is 38.0. The van der Waals surface area contributed by atoms with Crippen LogP contribution in [0.25, 0.3) is 0 Å². The first-order valence-corrected chi connectivity index (χ1v) is 26.2. The highest BCUT2D eigenvalue weighted by Gasteiger charge is 2.51. The van der Waals surface area contributed by atoms with Gasteiger partial charge in [-0.15, -0.1) is 0 Å². The molecule has 8 atom stereocenters. The molecule has 65 heavy (non-hydrogen) atoms. The maximum Gasteiger partial charge on any atom is 0.472 e. The summed E-state index contributed by atoms with van der Waals surface area (Å²) in [5.41, 5.74) is 0. The van der Waals surface area contributed by atoms with E-state index in [9.17, 15) is 44.6 Å². The minimum absolute atomic E-state index is 0.0535. The Kier molecular flexibility index (Phi) is 37.5. The molecule has 0 aromatic rings. The molecular formula is C51H87O13P. The maximum absolute atomic E-state index is 12.8. The van der Waals surface area contributed by atoms with Gasteiger partial charge < -0.3 is 39.9 Å². The third-order valence-electron chi connectivity index (χ3n) is 11.0. The molecule has 1 aliphatic carbocycles. The van der Waals surface area contributed by atoms with Gasteiger partial charge in [-0.05, 0) is 83.5 Å². The first kappa shape index (κ1) is 60.3. The summed E-state index contributed by atoms with van der Waals surface area (Å²) < 4.78 is 33.6. The van der Waals surface area contributed by atoms with Crippen LogP contribution < -0.4 is 0 Å². The number of ether oxygens (including phenoxy) is 2. The zero-order chi connectivity index (χ0) is 47.8. The van der Waals surface area contributed by atoms with Crippen molar-refractivity contribution in [2.24, 2.45) is 0 Å². The van der Waals surface area contributed by atoms with Crippen molar-refractivity contribution < 1.29 is 63.1 Å². The molecule has 1 aliphatic rings. The van der Waals surface area contributed by atoms with Crippen LogP contribution in [-0.4, -0.2) is 98.3 Å². The van der Waals surface area contributed by atoms with Crippen molar-refractivity contribution in [3.63, 3.8) is 0 Å². The van der Waals surface area contributed by atoms with Crippen molar-refractivity contribution in [3.05, 3.63) is 72.9 Å². The largest absolute Gasteiger partial charge is 0.472 e. The zero-order valence-corrected chi connectivity index (χ0v) is 40.7. The molecule has 0 spiro atoms. The van der Waals surface area contributed by atoms with E-state index < -0.39 is 75.7 Å². The zero-order valence-electron chi connectivity index (χ0n) is 39.8. The van der Waals surface area contributed by atoms with Crippen molar-refractivity contribution in [3.8, 4) is 0 Å². The van der Waals surface area contributed by atoms with E-state index >= 15 is 0 Å². The lowest BCUT2D eigenvalue weighted by molar-refractivity contribution is -0.220. The normalized spacial score (nSPS) is 22.0. The lowest BCUT2D eigenvalue weighted by Gasteiger charge is -2.41. The number of carbonyl (C=O) groups excluding carboxylic acids is 2. The van der Waals surface area contributed by atoms with Gasteiger partial charge in [0.2, 0.25) is 0 Å². The van der Waals surface area contributed by atoms with Crippen molar-refractivity contribution in [1.29, 1.82) is 0 Å². The van der Waals surface area contributed by atoms with Gasteiger partial charge in [0.25, 0.3) is 0 Å². The highest BCUT2D eigenvalue weighted by Crippen LogP contribution is 2.47. The van der Waals surface area contributed by atoms with Crippen LogP contribution >= 0.6 is 7.82 Å². The van der Waals surface area contributed by atoms with Gasteiger partial charge in [0.15, 0.2) is 6.10 Å². The molecular weight excluding hydrogens is 852 g/mol. The fourth-order valence-electron chi connectivity index (χ4n) is 7.07. The van der Waals surface area contributed by atoms with Crippen LogP contribution in [0.15, 0.2) is 72.9 Å². The quantitative estimate of drug-likeness (QED) is 0.0146. The van der Waals surface area contributed by atoms with E-state index in [1.807, 2.05) is 0 Å². The predicted molar refractivity (Wildman–Crippen MR) is 258 cm³/mol. The summed E-state index contributed by atoms with van der Waals surface area (Å²) >= 11 is 0. The first-order chi connectivity index (χ1) is 31.4. The number of hydrogen-bond acceptors (Lipinski definition) is 12. The lowest BCUT2D eigenvalue weighted by atomic mass is 9.85. The van der Waals surface area contributed by atoms with Crippen molar-refractivity contribution in [1.82, 2.24) is 0 Å². The Labute approximate surface area is 391 Å². The van der Waals surface area contributed by atoms with E-state index in [1.165, 1.54) is 57.8 Å². The van der Waals surface area contributed by atoms with Crippen LogP contribution in [0.4, 0.5) is 0 Å².